The Morgan fingerprint density at radius 3 is 2.67 bits per heavy atom. The zero-order chi connectivity index (χ0) is 11.6. The fraction of sp³-hybridized carbons (Fsp3) is 0.125. The highest BCUT2D eigenvalue weighted by atomic mass is 35.5. The molecule has 80 valence electrons. The molecule has 1 aromatic rings. The van der Waals surface area contributed by atoms with E-state index in [4.69, 9.17) is 17.3 Å². The summed E-state index contributed by atoms with van der Waals surface area (Å²) in [6.07, 6.45) is 0. The van der Waals surface area contributed by atoms with E-state index in [1.54, 1.807) is 0 Å². The topological polar surface area (TPSA) is 95.5 Å². The number of nitro groups is 1. The standard InChI is InChI=1S/C8H7ClN2O4/c1-15-8(12)7-5(10)2-4(9)3-6(7)11(13)14/h2-3H,10H2,1H3. The third-order valence-corrected chi connectivity index (χ3v) is 1.92. The van der Waals surface area contributed by atoms with Gasteiger partial charge in [-0.3, -0.25) is 10.1 Å². The summed E-state index contributed by atoms with van der Waals surface area (Å²) in [5.74, 6) is -0.865. The lowest BCUT2D eigenvalue weighted by Crippen LogP contribution is -2.09. The molecule has 1 rings (SSSR count). The first kappa shape index (κ1) is 11.3. The number of rotatable bonds is 2. The Morgan fingerprint density at radius 1 is 1.60 bits per heavy atom. The van der Waals surface area contributed by atoms with E-state index in [2.05, 4.69) is 4.74 Å². The monoisotopic (exact) mass is 230 g/mol. The molecule has 0 aliphatic heterocycles. The van der Waals surface area contributed by atoms with Gasteiger partial charge in [-0.25, -0.2) is 4.79 Å². The van der Waals surface area contributed by atoms with Crippen LogP contribution in [0.1, 0.15) is 10.4 Å². The van der Waals surface area contributed by atoms with E-state index in [1.165, 1.54) is 6.07 Å². The van der Waals surface area contributed by atoms with Gasteiger partial charge in [0.2, 0.25) is 0 Å². The number of nitrogens with zero attached hydrogens (tertiary/aromatic N) is 1. The van der Waals surface area contributed by atoms with Crippen LogP contribution < -0.4 is 5.73 Å². The van der Waals surface area contributed by atoms with Crippen molar-refractivity contribution in [2.24, 2.45) is 0 Å². The second-order valence-electron chi connectivity index (χ2n) is 2.64. The van der Waals surface area contributed by atoms with Crippen molar-refractivity contribution in [3.63, 3.8) is 0 Å². The van der Waals surface area contributed by atoms with Gasteiger partial charge in [-0.15, -0.1) is 0 Å². The van der Waals surface area contributed by atoms with Gasteiger partial charge in [0.25, 0.3) is 5.69 Å². The van der Waals surface area contributed by atoms with Crippen LogP contribution in [0.25, 0.3) is 0 Å². The molecule has 0 unspecified atom stereocenters. The van der Waals surface area contributed by atoms with Gasteiger partial charge in [0.05, 0.1) is 17.7 Å². The predicted octanol–water partition coefficient (Wildman–Crippen LogP) is 1.62. The molecule has 0 saturated carbocycles. The van der Waals surface area contributed by atoms with E-state index in [0.29, 0.717) is 0 Å². The zero-order valence-corrected chi connectivity index (χ0v) is 8.45. The number of nitrogens with two attached hydrogens (primary N) is 1. The maximum Gasteiger partial charge on any atom is 0.347 e. The predicted molar refractivity (Wildman–Crippen MR) is 53.9 cm³/mol. The third kappa shape index (κ3) is 2.16. The van der Waals surface area contributed by atoms with Gasteiger partial charge in [0.1, 0.15) is 0 Å². The lowest BCUT2D eigenvalue weighted by molar-refractivity contribution is -0.385. The van der Waals surface area contributed by atoms with Gasteiger partial charge in [0.15, 0.2) is 5.56 Å². The summed E-state index contributed by atoms with van der Waals surface area (Å²) in [7, 11) is 1.11. The number of hydrogen-bond acceptors (Lipinski definition) is 5. The Kier molecular flexibility index (Phi) is 3.11. The molecular weight excluding hydrogens is 224 g/mol. The van der Waals surface area contributed by atoms with Crippen molar-refractivity contribution < 1.29 is 14.5 Å². The summed E-state index contributed by atoms with van der Waals surface area (Å²) in [6, 6.07) is 2.30. The van der Waals surface area contributed by atoms with Crippen molar-refractivity contribution in [2.75, 3.05) is 12.8 Å². The fourth-order valence-corrected chi connectivity index (χ4v) is 1.30. The number of hydrogen-bond donors (Lipinski definition) is 1. The molecule has 0 aromatic heterocycles. The SMILES string of the molecule is COC(=O)c1c(N)cc(Cl)cc1[N+](=O)[O-]. The Bertz CT molecular complexity index is 433. The van der Waals surface area contributed by atoms with Crippen LogP contribution in [0.15, 0.2) is 12.1 Å². The van der Waals surface area contributed by atoms with E-state index in [1.807, 2.05) is 0 Å². The minimum atomic E-state index is -0.865. The first-order valence-corrected chi connectivity index (χ1v) is 4.17. The number of nitro benzene ring substituents is 1. The molecule has 0 bridgehead atoms. The van der Waals surface area contributed by atoms with Gasteiger partial charge in [-0.05, 0) is 6.07 Å². The van der Waals surface area contributed by atoms with E-state index in [9.17, 15) is 14.9 Å². The van der Waals surface area contributed by atoms with Crippen molar-refractivity contribution in [1.82, 2.24) is 0 Å². The molecule has 0 radical (unpaired) electrons. The highest BCUT2D eigenvalue weighted by Crippen LogP contribution is 2.29. The van der Waals surface area contributed by atoms with Crippen molar-refractivity contribution in [2.45, 2.75) is 0 Å². The molecule has 15 heavy (non-hydrogen) atoms. The highest BCUT2D eigenvalue weighted by Gasteiger charge is 2.24. The van der Waals surface area contributed by atoms with Gasteiger partial charge >= 0.3 is 5.97 Å². The Balaban J connectivity index is 3.46. The molecule has 0 spiro atoms. The Morgan fingerprint density at radius 2 is 2.20 bits per heavy atom. The molecule has 0 aliphatic carbocycles. The lowest BCUT2D eigenvalue weighted by atomic mass is 10.1. The van der Waals surface area contributed by atoms with Crippen LogP contribution in [0.5, 0.6) is 0 Å². The van der Waals surface area contributed by atoms with Gasteiger partial charge in [-0.1, -0.05) is 11.6 Å². The first-order chi connectivity index (χ1) is 6.97. The van der Waals surface area contributed by atoms with Crippen LogP contribution in [0, 0.1) is 10.1 Å². The molecule has 0 heterocycles. The first-order valence-electron chi connectivity index (χ1n) is 3.79. The number of carbonyl (C=O) groups excluding carboxylic acids is 1. The van der Waals surface area contributed by atoms with Crippen molar-refractivity contribution in [1.29, 1.82) is 0 Å². The average Bonchev–Trinajstić information content (AvgIpc) is 2.15. The van der Waals surface area contributed by atoms with Crippen LogP contribution in [0.4, 0.5) is 11.4 Å². The summed E-state index contributed by atoms with van der Waals surface area (Å²) in [5, 5.41) is 10.7. The lowest BCUT2D eigenvalue weighted by Gasteiger charge is -2.04. The summed E-state index contributed by atoms with van der Waals surface area (Å²) in [4.78, 5) is 21.1. The highest BCUT2D eigenvalue weighted by molar-refractivity contribution is 6.31. The van der Waals surface area contributed by atoms with Crippen LogP contribution in [0.2, 0.25) is 5.02 Å². The van der Waals surface area contributed by atoms with Crippen LogP contribution in [-0.4, -0.2) is 18.0 Å². The number of esters is 1. The molecule has 0 atom stereocenters. The minimum Gasteiger partial charge on any atom is -0.465 e. The molecular formula is C8H7ClN2O4. The number of methoxy groups -OCH3 is 1. The van der Waals surface area contributed by atoms with Gasteiger partial charge in [-0.2, -0.15) is 0 Å². The number of nitrogen functional groups attached to an aromatic ring is 1. The van der Waals surface area contributed by atoms with Gasteiger partial charge < -0.3 is 10.5 Å². The summed E-state index contributed by atoms with van der Waals surface area (Å²) < 4.78 is 4.38. The molecule has 0 aliphatic rings. The van der Waals surface area contributed by atoms with Crippen molar-refractivity contribution >= 4 is 28.9 Å². The molecule has 2 N–H and O–H groups in total. The molecule has 7 heteroatoms. The normalized spacial score (nSPS) is 9.73. The van der Waals surface area contributed by atoms with E-state index >= 15 is 0 Å². The second kappa shape index (κ2) is 4.14. The number of benzene rings is 1. The van der Waals surface area contributed by atoms with Crippen molar-refractivity contribution in [3.05, 3.63) is 32.8 Å². The van der Waals surface area contributed by atoms with Gasteiger partial charge in [0, 0.05) is 11.1 Å². The number of ether oxygens (including phenoxy) is 1. The molecule has 0 fully saturated rings. The van der Waals surface area contributed by atoms with E-state index in [0.717, 1.165) is 13.2 Å². The fourth-order valence-electron chi connectivity index (χ4n) is 1.08. The quantitative estimate of drug-likeness (QED) is 0.360. The van der Waals surface area contributed by atoms with Crippen LogP contribution in [-0.2, 0) is 4.74 Å². The molecule has 6 nitrogen and oxygen atoms in total. The largest absolute Gasteiger partial charge is 0.465 e. The molecule has 0 amide bonds. The maximum absolute atomic E-state index is 11.2. The third-order valence-electron chi connectivity index (χ3n) is 1.70. The Hall–Kier alpha value is -1.82. The Labute approximate surface area is 89.7 Å². The summed E-state index contributed by atoms with van der Waals surface area (Å²) in [5.41, 5.74) is 4.61. The minimum absolute atomic E-state index is 0.0824. The number of carbonyl (C=O) groups is 1. The van der Waals surface area contributed by atoms with E-state index in [-0.39, 0.29) is 16.3 Å². The summed E-state index contributed by atoms with van der Waals surface area (Å²) >= 11 is 5.58. The van der Waals surface area contributed by atoms with E-state index < -0.39 is 16.6 Å². The maximum atomic E-state index is 11.2. The smallest absolute Gasteiger partial charge is 0.347 e. The summed E-state index contributed by atoms with van der Waals surface area (Å²) in [6.45, 7) is 0. The number of anilines is 1. The second-order valence-corrected chi connectivity index (χ2v) is 3.07. The molecule has 0 saturated heterocycles. The number of halogens is 1. The van der Waals surface area contributed by atoms with Crippen molar-refractivity contribution in [3.8, 4) is 0 Å². The van der Waals surface area contributed by atoms with Crippen LogP contribution >= 0.6 is 11.6 Å². The molecule has 1 aromatic carbocycles. The zero-order valence-electron chi connectivity index (χ0n) is 7.69. The van der Waals surface area contributed by atoms with Crippen LogP contribution in [0.3, 0.4) is 0 Å². The average molecular weight is 231 g/mol.